The van der Waals surface area contributed by atoms with Crippen LogP contribution in [0.2, 0.25) is 0 Å². The molecule has 0 spiro atoms. The van der Waals surface area contributed by atoms with Crippen molar-refractivity contribution in [1.29, 1.82) is 0 Å². The highest BCUT2D eigenvalue weighted by atomic mass is 16.6. The van der Waals surface area contributed by atoms with E-state index in [0.717, 1.165) is 11.1 Å². The number of hydrogen-bond donors (Lipinski definition) is 1. The van der Waals surface area contributed by atoms with E-state index < -0.39 is 10.9 Å². The standard InChI is InChI=1S/C18H17N3O5/c1-26-18(23)14-10-16(21(24)25)17(19-11-14)20-8-6-13(7-9-20)12-2-4-15(22)5-3-12/h2-6,10-11,22H,7-9H2,1H3. The number of rotatable bonds is 4. The number of nitrogens with zero attached hydrogens (tertiary/aromatic N) is 3. The molecule has 8 nitrogen and oxygen atoms in total. The van der Waals surface area contributed by atoms with Gasteiger partial charge in [-0.15, -0.1) is 0 Å². The number of phenols is 1. The average molecular weight is 355 g/mol. The molecule has 1 aliphatic heterocycles. The van der Waals surface area contributed by atoms with Gasteiger partial charge >= 0.3 is 11.7 Å². The van der Waals surface area contributed by atoms with Gasteiger partial charge in [-0.3, -0.25) is 10.1 Å². The number of carbonyl (C=O) groups excluding carboxylic acids is 1. The second kappa shape index (κ2) is 7.22. The Morgan fingerprint density at radius 3 is 2.65 bits per heavy atom. The van der Waals surface area contributed by atoms with E-state index in [2.05, 4.69) is 9.72 Å². The molecule has 0 aliphatic carbocycles. The summed E-state index contributed by atoms with van der Waals surface area (Å²) < 4.78 is 4.59. The van der Waals surface area contributed by atoms with Crippen LogP contribution in [0.25, 0.3) is 5.57 Å². The lowest BCUT2D eigenvalue weighted by Crippen LogP contribution is -2.29. The first-order valence-electron chi connectivity index (χ1n) is 7.95. The molecule has 1 aromatic heterocycles. The van der Waals surface area contributed by atoms with Gasteiger partial charge in [0.2, 0.25) is 5.82 Å². The number of hydrogen-bond acceptors (Lipinski definition) is 7. The van der Waals surface area contributed by atoms with Crippen molar-refractivity contribution in [2.75, 3.05) is 25.1 Å². The Labute approximate surface area is 149 Å². The third kappa shape index (κ3) is 3.49. The number of anilines is 1. The topological polar surface area (TPSA) is 106 Å². The summed E-state index contributed by atoms with van der Waals surface area (Å²) in [5.41, 5.74) is 1.93. The molecule has 8 heteroatoms. The van der Waals surface area contributed by atoms with Crippen LogP contribution in [0, 0.1) is 10.1 Å². The van der Waals surface area contributed by atoms with E-state index >= 15 is 0 Å². The van der Waals surface area contributed by atoms with Crippen molar-refractivity contribution in [3.05, 3.63) is 63.8 Å². The molecule has 0 unspecified atom stereocenters. The van der Waals surface area contributed by atoms with Crippen LogP contribution in [0.15, 0.2) is 42.6 Å². The number of aromatic hydroxyl groups is 1. The van der Waals surface area contributed by atoms with Gasteiger partial charge in [0, 0.05) is 25.4 Å². The van der Waals surface area contributed by atoms with Gasteiger partial charge in [-0.2, -0.15) is 0 Å². The molecular formula is C18H17N3O5. The fourth-order valence-corrected chi connectivity index (χ4v) is 2.85. The Balaban J connectivity index is 1.85. The Bertz CT molecular complexity index is 877. The fourth-order valence-electron chi connectivity index (χ4n) is 2.85. The molecule has 0 saturated heterocycles. The summed E-state index contributed by atoms with van der Waals surface area (Å²) >= 11 is 0. The molecule has 2 heterocycles. The van der Waals surface area contributed by atoms with Gasteiger partial charge in [0.15, 0.2) is 0 Å². The maximum atomic E-state index is 11.6. The quantitative estimate of drug-likeness (QED) is 0.510. The summed E-state index contributed by atoms with van der Waals surface area (Å²) in [5.74, 6) is -0.235. The number of nitro groups is 1. The molecule has 2 aromatic rings. The van der Waals surface area contributed by atoms with Crippen LogP contribution >= 0.6 is 0 Å². The summed E-state index contributed by atoms with van der Waals surface area (Å²) in [6.07, 6.45) is 3.95. The summed E-state index contributed by atoms with van der Waals surface area (Å²) in [4.78, 5) is 28.3. The fraction of sp³-hybridized carbons (Fsp3) is 0.222. The molecular weight excluding hydrogens is 338 g/mol. The van der Waals surface area contributed by atoms with Gasteiger partial charge in [0.05, 0.1) is 17.6 Å². The highest BCUT2D eigenvalue weighted by Gasteiger charge is 2.25. The van der Waals surface area contributed by atoms with Gasteiger partial charge in [-0.05, 0) is 29.7 Å². The third-order valence-electron chi connectivity index (χ3n) is 4.21. The molecule has 0 atom stereocenters. The van der Waals surface area contributed by atoms with Gasteiger partial charge in [0.1, 0.15) is 5.75 Å². The molecule has 1 N–H and O–H groups in total. The van der Waals surface area contributed by atoms with Crippen molar-refractivity contribution >= 4 is 23.0 Å². The van der Waals surface area contributed by atoms with E-state index in [1.54, 1.807) is 17.0 Å². The first-order chi connectivity index (χ1) is 12.5. The highest BCUT2D eigenvalue weighted by molar-refractivity contribution is 5.90. The maximum absolute atomic E-state index is 11.6. The first-order valence-corrected chi connectivity index (χ1v) is 7.95. The van der Waals surface area contributed by atoms with Crippen LogP contribution in [0.4, 0.5) is 11.5 Å². The highest BCUT2D eigenvalue weighted by Crippen LogP contribution is 2.31. The molecule has 0 saturated carbocycles. The SMILES string of the molecule is COC(=O)c1cnc(N2CC=C(c3ccc(O)cc3)CC2)c([N+](=O)[O-])c1. The number of esters is 1. The average Bonchev–Trinajstić information content (AvgIpc) is 2.67. The zero-order chi connectivity index (χ0) is 18.7. The summed E-state index contributed by atoms with van der Waals surface area (Å²) in [5, 5.41) is 20.8. The van der Waals surface area contributed by atoms with Crippen molar-refractivity contribution in [2.24, 2.45) is 0 Å². The maximum Gasteiger partial charge on any atom is 0.339 e. The zero-order valence-corrected chi connectivity index (χ0v) is 14.1. The van der Waals surface area contributed by atoms with Crippen molar-refractivity contribution in [2.45, 2.75) is 6.42 Å². The van der Waals surface area contributed by atoms with Gasteiger partial charge in [0.25, 0.3) is 0 Å². The molecule has 0 radical (unpaired) electrons. The third-order valence-corrected chi connectivity index (χ3v) is 4.21. The van der Waals surface area contributed by atoms with Gasteiger partial charge in [-0.25, -0.2) is 9.78 Å². The molecule has 0 fully saturated rings. The van der Waals surface area contributed by atoms with Crippen LogP contribution in [0.1, 0.15) is 22.3 Å². The molecule has 1 aromatic carbocycles. The Hall–Kier alpha value is -3.42. The Kier molecular flexibility index (Phi) is 4.83. The second-order valence-electron chi connectivity index (χ2n) is 5.79. The molecule has 1 aliphatic rings. The number of benzene rings is 1. The number of ether oxygens (including phenoxy) is 1. The number of phenolic OH excluding ortho intramolecular Hbond substituents is 1. The minimum Gasteiger partial charge on any atom is -0.508 e. The van der Waals surface area contributed by atoms with Crippen molar-refractivity contribution in [3.63, 3.8) is 0 Å². The van der Waals surface area contributed by atoms with Crippen LogP contribution in [0.3, 0.4) is 0 Å². The number of aromatic nitrogens is 1. The largest absolute Gasteiger partial charge is 0.508 e. The monoisotopic (exact) mass is 355 g/mol. The Morgan fingerprint density at radius 2 is 2.08 bits per heavy atom. The molecule has 0 bridgehead atoms. The first kappa shape index (κ1) is 17.4. The van der Waals surface area contributed by atoms with E-state index in [1.807, 2.05) is 18.2 Å². The van der Waals surface area contributed by atoms with E-state index in [-0.39, 0.29) is 22.8 Å². The molecule has 134 valence electrons. The minimum absolute atomic E-state index is 0.0419. The predicted molar refractivity (Wildman–Crippen MR) is 95.1 cm³/mol. The van der Waals surface area contributed by atoms with Crippen molar-refractivity contribution in [3.8, 4) is 5.75 Å². The predicted octanol–water partition coefficient (Wildman–Crippen LogP) is 2.78. The summed E-state index contributed by atoms with van der Waals surface area (Å²) in [6, 6.07) is 8.11. The lowest BCUT2D eigenvalue weighted by molar-refractivity contribution is -0.384. The number of carbonyl (C=O) groups is 1. The lowest BCUT2D eigenvalue weighted by atomic mass is 9.99. The van der Waals surface area contributed by atoms with E-state index in [0.29, 0.717) is 19.5 Å². The van der Waals surface area contributed by atoms with Gasteiger partial charge < -0.3 is 14.7 Å². The molecule has 0 amide bonds. The van der Waals surface area contributed by atoms with E-state index in [4.69, 9.17) is 0 Å². The normalized spacial score (nSPS) is 13.9. The minimum atomic E-state index is -0.666. The van der Waals surface area contributed by atoms with Crippen LogP contribution in [0.5, 0.6) is 5.75 Å². The number of methoxy groups -OCH3 is 1. The van der Waals surface area contributed by atoms with Crippen LogP contribution in [-0.2, 0) is 4.74 Å². The molecule has 26 heavy (non-hydrogen) atoms. The van der Waals surface area contributed by atoms with Crippen molar-refractivity contribution in [1.82, 2.24) is 4.98 Å². The van der Waals surface area contributed by atoms with E-state index in [1.165, 1.54) is 19.4 Å². The van der Waals surface area contributed by atoms with Crippen LogP contribution in [-0.4, -0.2) is 41.2 Å². The zero-order valence-electron chi connectivity index (χ0n) is 14.1. The lowest BCUT2D eigenvalue weighted by Gasteiger charge is -2.27. The van der Waals surface area contributed by atoms with Crippen molar-refractivity contribution < 1.29 is 19.6 Å². The smallest absolute Gasteiger partial charge is 0.339 e. The van der Waals surface area contributed by atoms with E-state index in [9.17, 15) is 20.0 Å². The summed E-state index contributed by atoms with van der Waals surface area (Å²) in [6.45, 7) is 1.01. The number of pyridine rings is 1. The summed E-state index contributed by atoms with van der Waals surface area (Å²) in [7, 11) is 1.21. The van der Waals surface area contributed by atoms with Gasteiger partial charge in [-0.1, -0.05) is 18.2 Å². The second-order valence-corrected chi connectivity index (χ2v) is 5.79. The Morgan fingerprint density at radius 1 is 1.35 bits per heavy atom. The van der Waals surface area contributed by atoms with Crippen LogP contribution < -0.4 is 4.90 Å². The molecule has 3 rings (SSSR count).